The van der Waals surface area contributed by atoms with Crippen molar-refractivity contribution in [2.24, 2.45) is 13.0 Å². The van der Waals surface area contributed by atoms with Gasteiger partial charge in [-0.2, -0.15) is 13.2 Å². The van der Waals surface area contributed by atoms with Gasteiger partial charge in [-0.3, -0.25) is 0 Å². The number of rotatable bonds is 7. The van der Waals surface area contributed by atoms with Crippen LogP contribution in [0, 0.1) is 11.7 Å². The van der Waals surface area contributed by atoms with Gasteiger partial charge in [0.1, 0.15) is 11.6 Å². The van der Waals surface area contributed by atoms with E-state index in [1.54, 1.807) is 24.6 Å². The second kappa shape index (κ2) is 8.30. The van der Waals surface area contributed by atoms with Crippen LogP contribution < -0.4 is 4.74 Å². The fourth-order valence-electron chi connectivity index (χ4n) is 4.03. The Kier molecular flexibility index (Phi) is 6.13. The zero-order valence-electron chi connectivity index (χ0n) is 17.1. The molecule has 0 saturated carbocycles. The van der Waals surface area contributed by atoms with E-state index in [4.69, 9.17) is 4.74 Å². The van der Waals surface area contributed by atoms with E-state index in [0.717, 1.165) is 10.9 Å². The highest BCUT2D eigenvalue weighted by molar-refractivity contribution is 5.81. The lowest BCUT2D eigenvalue weighted by molar-refractivity contribution is -0.265. The van der Waals surface area contributed by atoms with Gasteiger partial charge in [-0.25, -0.2) is 4.39 Å². The molecule has 1 N–H and O–H groups in total. The second-order valence-corrected chi connectivity index (χ2v) is 7.93. The molecule has 0 saturated heterocycles. The number of hydrogen-bond donors (Lipinski definition) is 1. The highest BCUT2D eigenvalue weighted by Crippen LogP contribution is 2.40. The summed E-state index contributed by atoms with van der Waals surface area (Å²) in [6.07, 6.45) is -5.75. The predicted molar refractivity (Wildman–Crippen MR) is 108 cm³/mol. The minimum absolute atomic E-state index is 0.147. The van der Waals surface area contributed by atoms with E-state index in [-0.39, 0.29) is 6.42 Å². The first kappa shape index (κ1) is 22.2. The van der Waals surface area contributed by atoms with Gasteiger partial charge in [0, 0.05) is 24.7 Å². The number of fused-ring (bicyclic) bond motifs is 1. The number of aromatic nitrogens is 1. The summed E-state index contributed by atoms with van der Waals surface area (Å²) >= 11 is 0. The van der Waals surface area contributed by atoms with Crippen molar-refractivity contribution in [2.75, 3.05) is 7.11 Å². The molecule has 0 bridgehead atoms. The lowest BCUT2D eigenvalue weighted by Crippen LogP contribution is -2.48. The van der Waals surface area contributed by atoms with Crippen molar-refractivity contribution in [3.63, 3.8) is 0 Å². The number of halogens is 4. The monoisotopic (exact) mass is 423 g/mol. The maximum absolute atomic E-state index is 13.9. The first-order chi connectivity index (χ1) is 14.0. The van der Waals surface area contributed by atoms with Crippen molar-refractivity contribution in [3.05, 3.63) is 65.6 Å². The standard InChI is InChI=1S/C23H25F4NO2/c1-15(10-17-11-18(24)8-9-21(17)30-3)13-22(29,23(25,26)27)14-19-12-16-6-4-5-7-20(16)28(19)2/h4-9,11-12,15,29H,10,13-14H2,1-3H3. The molecule has 0 aliphatic heterocycles. The molecule has 2 unspecified atom stereocenters. The molecule has 1 aromatic heterocycles. The minimum Gasteiger partial charge on any atom is -0.496 e. The topological polar surface area (TPSA) is 34.4 Å². The number of methoxy groups -OCH3 is 1. The zero-order chi connectivity index (χ0) is 22.1. The quantitative estimate of drug-likeness (QED) is 0.514. The molecule has 162 valence electrons. The number of ether oxygens (including phenoxy) is 1. The predicted octanol–water partition coefficient (Wildman–Crippen LogP) is 5.43. The van der Waals surface area contributed by atoms with Crippen molar-refractivity contribution in [1.82, 2.24) is 4.57 Å². The normalized spacial score (nSPS) is 15.2. The van der Waals surface area contributed by atoms with E-state index < -0.39 is 36.4 Å². The van der Waals surface area contributed by atoms with Gasteiger partial charge in [0.15, 0.2) is 5.60 Å². The second-order valence-electron chi connectivity index (χ2n) is 7.93. The summed E-state index contributed by atoms with van der Waals surface area (Å²) in [4.78, 5) is 0. The number of nitrogens with zero attached hydrogens (tertiary/aromatic N) is 1. The van der Waals surface area contributed by atoms with Crippen LogP contribution in [0.5, 0.6) is 5.75 Å². The van der Waals surface area contributed by atoms with Crippen LogP contribution in [0.3, 0.4) is 0 Å². The zero-order valence-corrected chi connectivity index (χ0v) is 17.1. The number of para-hydroxylation sites is 1. The Morgan fingerprint density at radius 3 is 2.43 bits per heavy atom. The van der Waals surface area contributed by atoms with Crippen LogP contribution in [0.1, 0.15) is 24.6 Å². The van der Waals surface area contributed by atoms with E-state index in [1.807, 2.05) is 24.3 Å². The average Bonchev–Trinajstić information content (AvgIpc) is 2.96. The lowest BCUT2D eigenvalue weighted by atomic mass is 9.84. The molecule has 0 spiro atoms. The molecular weight excluding hydrogens is 398 g/mol. The van der Waals surface area contributed by atoms with E-state index in [9.17, 15) is 22.7 Å². The first-order valence-electron chi connectivity index (χ1n) is 9.69. The van der Waals surface area contributed by atoms with E-state index in [1.165, 1.54) is 25.3 Å². The molecule has 1 heterocycles. The molecule has 30 heavy (non-hydrogen) atoms. The Balaban J connectivity index is 1.86. The fraction of sp³-hybridized carbons (Fsp3) is 0.391. The van der Waals surface area contributed by atoms with Crippen molar-refractivity contribution >= 4 is 10.9 Å². The van der Waals surface area contributed by atoms with E-state index >= 15 is 0 Å². The summed E-state index contributed by atoms with van der Waals surface area (Å²) < 4.78 is 62.3. The van der Waals surface area contributed by atoms with E-state index in [0.29, 0.717) is 17.0 Å². The SMILES string of the molecule is COc1ccc(F)cc1CC(C)CC(O)(Cc1cc2ccccc2n1C)C(F)(F)F. The summed E-state index contributed by atoms with van der Waals surface area (Å²) in [6, 6.07) is 12.9. The van der Waals surface area contributed by atoms with Crippen molar-refractivity contribution < 1.29 is 27.4 Å². The van der Waals surface area contributed by atoms with E-state index in [2.05, 4.69) is 0 Å². The summed E-state index contributed by atoms with van der Waals surface area (Å²) in [7, 11) is 3.11. The highest BCUT2D eigenvalue weighted by Gasteiger charge is 2.54. The smallest absolute Gasteiger partial charge is 0.417 e. The lowest BCUT2D eigenvalue weighted by Gasteiger charge is -2.33. The van der Waals surface area contributed by atoms with Gasteiger partial charge in [0.2, 0.25) is 0 Å². The van der Waals surface area contributed by atoms with Gasteiger partial charge >= 0.3 is 6.18 Å². The van der Waals surface area contributed by atoms with Gasteiger partial charge in [0.25, 0.3) is 0 Å². The first-order valence-corrected chi connectivity index (χ1v) is 9.69. The minimum atomic E-state index is -4.82. The maximum Gasteiger partial charge on any atom is 0.417 e. The van der Waals surface area contributed by atoms with Crippen molar-refractivity contribution in [3.8, 4) is 5.75 Å². The molecule has 2 atom stereocenters. The summed E-state index contributed by atoms with van der Waals surface area (Å²) in [5.41, 5.74) is -1.24. The number of alkyl halides is 3. The molecule has 7 heteroatoms. The summed E-state index contributed by atoms with van der Waals surface area (Å²) in [5, 5.41) is 11.6. The molecule has 3 nitrogen and oxygen atoms in total. The number of benzene rings is 2. The molecule has 0 amide bonds. The van der Waals surface area contributed by atoms with Crippen LogP contribution in [-0.2, 0) is 19.9 Å². The Morgan fingerprint density at radius 1 is 1.10 bits per heavy atom. The molecule has 0 fully saturated rings. The Hall–Kier alpha value is -2.54. The molecule has 2 aromatic carbocycles. The van der Waals surface area contributed by atoms with Crippen molar-refractivity contribution in [1.29, 1.82) is 0 Å². The summed E-state index contributed by atoms with van der Waals surface area (Å²) in [6.45, 7) is 1.61. The molecule has 0 radical (unpaired) electrons. The third-order valence-corrected chi connectivity index (χ3v) is 5.55. The molecular formula is C23H25F4NO2. The Bertz CT molecular complexity index is 1030. The molecule has 0 aliphatic carbocycles. The third-order valence-electron chi connectivity index (χ3n) is 5.55. The number of aliphatic hydroxyl groups is 1. The van der Waals surface area contributed by atoms with Crippen LogP contribution in [-0.4, -0.2) is 28.6 Å². The fourth-order valence-corrected chi connectivity index (χ4v) is 4.03. The van der Waals surface area contributed by atoms with Gasteiger partial charge in [-0.15, -0.1) is 0 Å². The van der Waals surface area contributed by atoms with Crippen LogP contribution >= 0.6 is 0 Å². The third kappa shape index (κ3) is 4.46. The van der Waals surface area contributed by atoms with Crippen LogP contribution in [0.25, 0.3) is 10.9 Å². The maximum atomic E-state index is 13.9. The van der Waals surface area contributed by atoms with Crippen LogP contribution in [0.4, 0.5) is 17.6 Å². The van der Waals surface area contributed by atoms with Gasteiger partial charge in [-0.1, -0.05) is 25.1 Å². The molecule has 3 aromatic rings. The largest absolute Gasteiger partial charge is 0.496 e. The molecule has 0 aliphatic rings. The molecule has 3 rings (SSSR count). The Labute approximate surface area is 172 Å². The van der Waals surface area contributed by atoms with Gasteiger partial charge in [0.05, 0.1) is 7.11 Å². The summed E-state index contributed by atoms with van der Waals surface area (Å²) in [5.74, 6) is -0.644. The number of hydrogen-bond acceptors (Lipinski definition) is 2. The van der Waals surface area contributed by atoms with Gasteiger partial charge in [-0.05, 0) is 60.0 Å². The average molecular weight is 423 g/mol. The van der Waals surface area contributed by atoms with Crippen molar-refractivity contribution in [2.45, 2.75) is 38.0 Å². The Morgan fingerprint density at radius 2 is 1.80 bits per heavy atom. The van der Waals surface area contributed by atoms with Gasteiger partial charge < -0.3 is 14.4 Å². The number of aryl methyl sites for hydroxylation is 1. The highest BCUT2D eigenvalue weighted by atomic mass is 19.4. The van der Waals surface area contributed by atoms with Crippen LogP contribution in [0.2, 0.25) is 0 Å². The van der Waals surface area contributed by atoms with Crippen LogP contribution in [0.15, 0.2) is 48.5 Å².